The number of hydrogen-bond donors (Lipinski definition) is 0. The standard InChI is InChI=1S/C29H24N2O6/c1-18-13-25(19(2)30(18)16-22-9-6-12-36-22)26(32)17-37-29(35)21-8-5-7-20(14-21)15-31-27(33)23-10-3-4-11-24(23)28(31)34/h3-14H,15-17H2,1-2H3. The Morgan fingerprint density at radius 3 is 2.27 bits per heavy atom. The molecule has 2 aromatic carbocycles. The second-order valence-electron chi connectivity index (χ2n) is 8.89. The Balaban J connectivity index is 1.23. The summed E-state index contributed by atoms with van der Waals surface area (Å²) in [6.45, 7) is 3.85. The molecule has 3 heterocycles. The lowest BCUT2D eigenvalue weighted by Crippen LogP contribution is -2.29. The number of aromatic nitrogens is 1. The average molecular weight is 497 g/mol. The summed E-state index contributed by atoms with van der Waals surface area (Å²) >= 11 is 0. The molecule has 1 aliphatic heterocycles. The number of nitrogens with zero attached hydrogens (tertiary/aromatic N) is 2. The Bertz CT molecular complexity index is 1490. The summed E-state index contributed by atoms with van der Waals surface area (Å²) in [7, 11) is 0. The van der Waals surface area contributed by atoms with E-state index in [1.165, 1.54) is 0 Å². The summed E-state index contributed by atoms with van der Waals surface area (Å²) in [6, 6.07) is 18.6. The molecule has 0 radical (unpaired) electrons. The van der Waals surface area contributed by atoms with E-state index in [0.717, 1.165) is 22.0 Å². The van der Waals surface area contributed by atoms with Crippen molar-refractivity contribution in [1.82, 2.24) is 9.47 Å². The number of aryl methyl sites for hydroxylation is 1. The number of ether oxygens (including phenoxy) is 1. The first-order valence-electron chi connectivity index (χ1n) is 11.8. The Morgan fingerprint density at radius 1 is 0.865 bits per heavy atom. The van der Waals surface area contributed by atoms with Crippen LogP contribution in [0.25, 0.3) is 0 Å². The number of benzene rings is 2. The predicted octanol–water partition coefficient (Wildman–Crippen LogP) is 4.58. The molecule has 5 rings (SSSR count). The first-order valence-corrected chi connectivity index (χ1v) is 11.8. The van der Waals surface area contributed by atoms with Crippen LogP contribution >= 0.6 is 0 Å². The summed E-state index contributed by atoms with van der Waals surface area (Å²) in [5.41, 5.74) is 3.69. The van der Waals surface area contributed by atoms with Gasteiger partial charge in [0.05, 0.1) is 36.0 Å². The van der Waals surface area contributed by atoms with Gasteiger partial charge in [0.1, 0.15) is 5.76 Å². The molecule has 0 fully saturated rings. The van der Waals surface area contributed by atoms with Crippen molar-refractivity contribution in [3.8, 4) is 0 Å². The summed E-state index contributed by atoms with van der Waals surface area (Å²) in [4.78, 5) is 52.0. The van der Waals surface area contributed by atoms with Gasteiger partial charge in [-0.25, -0.2) is 4.79 Å². The third-order valence-corrected chi connectivity index (χ3v) is 6.48. The number of Topliss-reactive ketones (excluding diaryl/α,β-unsaturated/α-hetero) is 1. The van der Waals surface area contributed by atoms with Crippen molar-refractivity contribution < 1.29 is 28.3 Å². The number of furan rings is 1. The van der Waals surface area contributed by atoms with Crippen LogP contribution in [0, 0.1) is 13.8 Å². The van der Waals surface area contributed by atoms with Crippen LogP contribution in [0.3, 0.4) is 0 Å². The van der Waals surface area contributed by atoms with Crippen molar-refractivity contribution in [2.45, 2.75) is 26.9 Å². The molecule has 37 heavy (non-hydrogen) atoms. The Hall–Kier alpha value is -4.72. The molecule has 2 aromatic heterocycles. The normalized spacial score (nSPS) is 12.6. The molecule has 0 atom stereocenters. The SMILES string of the molecule is Cc1cc(C(=O)COC(=O)c2cccc(CN3C(=O)c4ccccc4C3=O)c2)c(C)n1Cc1ccco1. The van der Waals surface area contributed by atoms with E-state index >= 15 is 0 Å². The van der Waals surface area contributed by atoms with E-state index in [1.54, 1.807) is 60.9 Å². The fraction of sp³-hybridized carbons (Fsp3) is 0.172. The van der Waals surface area contributed by atoms with E-state index in [0.29, 0.717) is 28.8 Å². The van der Waals surface area contributed by atoms with Crippen LogP contribution < -0.4 is 0 Å². The molecule has 2 amide bonds. The molecule has 8 heteroatoms. The number of rotatable bonds is 8. The highest BCUT2D eigenvalue weighted by molar-refractivity contribution is 6.21. The van der Waals surface area contributed by atoms with Gasteiger partial charge in [-0.2, -0.15) is 0 Å². The van der Waals surface area contributed by atoms with E-state index in [9.17, 15) is 19.2 Å². The first kappa shape index (κ1) is 24.0. The summed E-state index contributed by atoms with van der Waals surface area (Å²) in [5, 5.41) is 0. The molecule has 186 valence electrons. The minimum absolute atomic E-state index is 0.0219. The van der Waals surface area contributed by atoms with Crippen LogP contribution in [0.5, 0.6) is 0 Å². The van der Waals surface area contributed by atoms with Crippen molar-refractivity contribution in [3.63, 3.8) is 0 Å². The molecule has 1 aliphatic rings. The van der Waals surface area contributed by atoms with Crippen molar-refractivity contribution in [2.24, 2.45) is 0 Å². The molecule has 0 N–H and O–H groups in total. The van der Waals surface area contributed by atoms with Gasteiger partial charge in [-0.15, -0.1) is 0 Å². The highest BCUT2D eigenvalue weighted by Gasteiger charge is 2.35. The van der Waals surface area contributed by atoms with Gasteiger partial charge >= 0.3 is 5.97 Å². The van der Waals surface area contributed by atoms with Gasteiger partial charge in [-0.3, -0.25) is 19.3 Å². The number of amides is 2. The zero-order valence-corrected chi connectivity index (χ0v) is 20.4. The van der Waals surface area contributed by atoms with Crippen LogP contribution in [0.1, 0.15) is 64.1 Å². The summed E-state index contributed by atoms with van der Waals surface area (Å²) in [5.74, 6) is -0.947. The van der Waals surface area contributed by atoms with E-state index in [-0.39, 0.29) is 29.7 Å². The topological polar surface area (TPSA) is 98.8 Å². The van der Waals surface area contributed by atoms with Gasteiger partial charge in [0, 0.05) is 17.0 Å². The Kier molecular flexibility index (Phi) is 6.31. The van der Waals surface area contributed by atoms with Gasteiger partial charge in [-0.05, 0) is 61.9 Å². The van der Waals surface area contributed by atoms with Gasteiger partial charge < -0.3 is 13.7 Å². The Morgan fingerprint density at radius 2 is 1.59 bits per heavy atom. The van der Waals surface area contributed by atoms with Crippen molar-refractivity contribution in [1.29, 1.82) is 0 Å². The third-order valence-electron chi connectivity index (χ3n) is 6.48. The van der Waals surface area contributed by atoms with Gasteiger partial charge in [0.15, 0.2) is 6.61 Å². The summed E-state index contributed by atoms with van der Waals surface area (Å²) < 4.78 is 12.7. The number of esters is 1. The predicted molar refractivity (Wildman–Crippen MR) is 133 cm³/mol. The molecule has 4 aromatic rings. The maximum atomic E-state index is 12.9. The van der Waals surface area contributed by atoms with Gasteiger partial charge in [-0.1, -0.05) is 24.3 Å². The second-order valence-corrected chi connectivity index (χ2v) is 8.89. The molecule has 0 unspecified atom stereocenters. The van der Waals surface area contributed by atoms with E-state index in [4.69, 9.17) is 9.15 Å². The number of imide groups is 1. The van der Waals surface area contributed by atoms with E-state index in [1.807, 2.05) is 30.5 Å². The van der Waals surface area contributed by atoms with Crippen LogP contribution in [0.4, 0.5) is 0 Å². The van der Waals surface area contributed by atoms with Crippen LogP contribution in [0.15, 0.2) is 77.4 Å². The highest BCUT2D eigenvalue weighted by Crippen LogP contribution is 2.24. The molecule has 0 saturated carbocycles. The number of carbonyl (C=O) groups is 4. The highest BCUT2D eigenvalue weighted by atomic mass is 16.5. The number of fused-ring (bicyclic) bond motifs is 1. The molecule has 0 bridgehead atoms. The molecule has 0 spiro atoms. The lowest BCUT2D eigenvalue weighted by Gasteiger charge is -2.14. The number of ketones is 1. The largest absolute Gasteiger partial charge is 0.467 e. The third kappa shape index (κ3) is 4.61. The van der Waals surface area contributed by atoms with Crippen LogP contribution in [0.2, 0.25) is 0 Å². The molecule has 8 nitrogen and oxygen atoms in total. The van der Waals surface area contributed by atoms with E-state index in [2.05, 4.69) is 0 Å². The second kappa shape index (κ2) is 9.73. The maximum Gasteiger partial charge on any atom is 0.338 e. The lowest BCUT2D eigenvalue weighted by molar-refractivity contribution is 0.0474. The quantitative estimate of drug-likeness (QED) is 0.201. The van der Waals surface area contributed by atoms with Crippen molar-refractivity contribution in [3.05, 3.63) is 118 Å². The minimum atomic E-state index is -0.665. The fourth-order valence-corrected chi connectivity index (χ4v) is 4.54. The van der Waals surface area contributed by atoms with Crippen LogP contribution in [-0.4, -0.2) is 39.6 Å². The minimum Gasteiger partial charge on any atom is -0.467 e. The molecule has 0 saturated heterocycles. The Labute approximate surface area is 213 Å². The smallest absolute Gasteiger partial charge is 0.338 e. The lowest BCUT2D eigenvalue weighted by atomic mass is 10.1. The van der Waals surface area contributed by atoms with Crippen molar-refractivity contribution >= 4 is 23.6 Å². The fourth-order valence-electron chi connectivity index (χ4n) is 4.54. The molecular weight excluding hydrogens is 472 g/mol. The van der Waals surface area contributed by atoms with Crippen molar-refractivity contribution in [2.75, 3.05) is 6.61 Å². The summed E-state index contributed by atoms with van der Waals surface area (Å²) in [6.07, 6.45) is 1.60. The monoisotopic (exact) mass is 496 g/mol. The first-order chi connectivity index (χ1) is 17.8. The van der Waals surface area contributed by atoms with Gasteiger partial charge in [0.2, 0.25) is 5.78 Å². The zero-order valence-electron chi connectivity index (χ0n) is 20.4. The average Bonchev–Trinajstić information content (AvgIpc) is 3.59. The number of hydrogen-bond acceptors (Lipinski definition) is 6. The zero-order chi connectivity index (χ0) is 26.1. The van der Waals surface area contributed by atoms with E-state index < -0.39 is 12.6 Å². The molecular formula is C29H24N2O6. The van der Waals surface area contributed by atoms with Gasteiger partial charge in [0.25, 0.3) is 11.8 Å². The number of carbonyl (C=O) groups excluding carboxylic acids is 4. The molecule has 0 aliphatic carbocycles. The maximum absolute atomic E-state index is 12.9. The van der Waals surface area contributed by atoms with Crippen LogP contribution in [-0.2, 0) is 17.8 Å².